The minimum Gasteiger partial charge on any atom is -0.351 e. The maximum absolute atomic E-state index is 12.7. The zero-order valence-electron chi connectivity index (χ0n) is 12.6. The summed E-state index contributed by atoms with van der Waals surface area (Å²) >= 11 is 2.72. The summed E-state index contributed by atoms with van der Waals surface area (Å²) in [6.07, 6.45) is 0. The van der Waals surface area contributed by atoms with E-state index in [0.29, 0.717) is 10.8 Å². The largest absolute Gasteiger partial charge is 0.351 e. The molecule has 0 bridgehead atoms. The lowest BCUT2D eigenvalue weighted by molar-refractivity contribution is -0.119. The number of thiophene rings is 2. The first-order chi connectivity index (χ1) is 10.3. The molecule has 2 heterocycles. The van der Waals surface area contributed by atoms with E-state index in [1.54, 1.807) is 19.2 Å². The number of carbonyl (C=O) groups excluding carboxylic acids is 1. The van der Waals surface area contributed by atoms with Crippen molar-refractivity contribution in [1.82, 2.24) is 9.62 Å². The van der Waals surface area contributed by atoms with E-state index in [-0.39, 0.29) is 11.9 Å². The van der Waals surface area contributed by atoms with Gasteiger partial charge in [-0.25, -0.2) is 8.42 Å². The van der Waals surface area contributed by atoms with Crippen molar-refractivity contribution in [2.45, 2.75) is 30.6 Å². The fraction of sp³-hybridized carbons (Fsp3) is 0.357. The Hall–Kier alpha value is -1.22. The highest BCUT2D eigenvalue weighted by Gasteiger charge is 2.28. The number of hydrogen-bond acceptors (Lipinski definition) is 5. The smallest absolute Gasteiger partial charge is 0.252 e. The normalized spacial score (nSPS) is 13.3. The van der Waals surface area contributed by atoms with Crippen LogP contribution in [0, 0.1) is 0 Å². The zero-order chi connectivity index (χ0) is 16.3. The van der Waals surface area contributed by atoms with E-state index in [9.17, 15) is 13.2 Å². The van der Waals surface area contributed by atoms with Crippen molar-refractivity contribution < 1.29 is 13.2 Å². The molecule has 2 aromatic rings. The number of carbonyl (C=O) groups is 1. The Bertz CT molecular complexity index is 735. The van der Waals surface area contributed by atoms with Gasteiger partial charge in [0, 0.05) is 23.7 Å². The Labute approximate surface area is 138 Å². The summed E-state index contributed by atoms with van der Waals surface area (Å²) in [4.78, 5) is 12.7. The second-order valence-electron chi connectivity index (χ2n) is 4.84. The van der Waals surface area contributed by atoms with Crippen LogP contribution in [0.2, 0.25) is 0 Å². The Morgan fingerprint density at radius 3 is 2.68 bits per heavy atom. The van der Waals surface area contributed by atoms with Crippen molar-refractivity contribution in [3.63, 3.8) is 0 Å². The van der Waals surface area contributed by atoms with E-state index in [2.05, 4.69) is 5.32 Å². The lowest BCUT2D eigenvalue weighted by Crippen LogP contribution is -2.28. The fourth-order valence-electron chi connectivity index (χ4n) is 1.86. The predicted octanol–water partition coefficient (Wildman–Crippen LogP) is 2.83. The highest BCUT2D eigenvalue weighted by atomic mass is 32.2. The number of amides is 1. The first kappa shape index (κ1) is 17.1. The molecule has 0 aliphatic heterocycles. The lowest BCUT2D eigenvalue weighted by atomic mass is 10.3. The van der Waals surface area contributed by atoms with Crippen molar-refractivity contribution in [2.24, 2.45) is 0 Å². The second kappa shape index (κ2) is 6.91. The van der Waals surface area contributed by atoms with Crippen LogP contribution in [-0.2, 0) is 21.4 Å². The van der Waals surface area contributed by atoms with Crippen LogP contribution in [0.25, 0.3) is 0 Å². The molecular formula is C14H18N2O3S3. The highest BCUT2D eigenvalue weighted by Crippen LogP contribution is 2.31. The van der Waals surface area contributed by atoms with Gasteiger partial charge in [-0.2, -0.15) is 4.31 Å². The van der Waals surface area contributed by atoms with Crippen molar-refractivity contribution >= 4 is 38.6 Å². The molecule has 0 saturated heterocycles. The molecule has 1 amide bonds. The van der Waals surface area contributed by atoms with Crippen molar-refractivity contribution in [2.75, 3.05) is 7.05 Å². The van der Waals surface area contributed by atoms with Gasteiger partial charge in [0.1, 0.15) is 4.21 Å². The van der Waals surface area contributed by atoms with Gasteiger partial charge in [0.05, 0.1) is 12.6 Å². The molecule has 1 N–H and O–H groups in total. The molecule has 1 unspecified atom stereocenters. The number of hydrogen-bond donors (Lipinski definition) is 1. The van der Waals surface area contributed by atoms with E-state index >= 15 is 0 Å². The van der Waals surface area contributed by atoms with E-state index < -0.39 is 10.0 Å². The third-order valence-electron chi connectivity index (χ3n) is 3.28. The summed E-state index contributed by atoms with van der Waals surface area (Å²) in [5.74, 6) is -0.138. The van der Waals surface area contributed by atoms with Crippen LogP contribution in [0.3, 0.4) is 0 Å². The third kappa shape index (κ3) is 3.75. The van der Waals surface area contributed by atoms with Crippen LogP contribution in [0.1, 0.15) is 29.6 Å². The number of sulfonamides is 1. The summed E-state index contributed by atoms with van der Waals surface area (Å²) in [5.41, 5.74) is 0. The second-order valence-corrected chi connectivity index (χ2v) is 9.22. The maximum atomic E-state index is 12.7. The standard InChI is InChI=1S/C14H18N2O3S3/c1-10(13-5-4-8-20-13)16(3)22(18,19)14-7-6-12(21-14)9-15-11(2)17/h4-8,10H,9H2,1-3H3,(H,15,17). The minimum atomic E-state index is -3.54. The highest BCUT2D eigenvalue weighted by molar-refractivity contribution is 7.91. The quantitative estimate of drug-likeness (QED) is 0.863. The minimum absolute atomic E-state index is 0.138. The molecule has 120 valence electrons. The van der Waals surface area contributed by atoms with Gasteiger partial charge >= 0.3 is 0 Å². The van der Waals surface area contributed by atoms with E-state index in [4.69, 9.17) is 0 Å². The Morgan fingerprint density at radius 1 is 1.36 bits per heavy atom. The molecule has 5 nitrogen and oxygen atoms in total. The summed E-state index contributed by atoms with van der Waals surface area (Å²) in [6.45, 7) is 3.65. The molecule has 0 radical (unpaired) electrons. The van der Waals surface area contributed by atoms with Gasteiger partial charge in [0.2, 0.25) is 5.91 Å². The summed E-state index contributed by atoms with van der Waals surface area (Å²) in [5, 5.41) is 4.60. The summed E-state index contributed by atoms with van der Waals surface area (Å²) < 4.78 is 27.0. The molecule has 0 fully saturated rings. The Morgan fingerprint density at radius 2 is 2.09 bits per heavy atom. The van der Waals surface area contributed by atoms with Gasteiger partial charge in [-0.3, -0.25) is 4.79 Å². The molecule has 0 aliphatic carbocycles. The Kier molecular flexibility index (Phi) is 5.38. The van der Waals surface area contributed by atoms with Crippen LogP contribution in [-0.4, -0.2) is 25.7 Å². The van der Waals surface area contributed by atoms with Crippen LogP contribution < -0.4 is 5.32 Å². The van der Waals surface area contributed by atoms with Crippen LogP contribution in [0.4, 0.5) is 0 Å². The van der Waals surface area contributed by atoms with Crippen molar-refractivity contribution in [3.05, 3.63) is 39.4 Å². The zero-order valence-corrected chi connectivity index (χ0v) is 15.0. The topological polar surface area (TPSA) is 66.5 Å². The Balaban J connectivity index is 2.17. The van der Waals surface area contributed by atoms with Crippen LogP contribution >= 0.6 is 22.7 Å². The average Bonchev–Trinajstić information content (AvgIpc) is 3.14. The maximum Gasteiger partial charge on any atom is 0.252 e. The average molecular weight is 359 g/mol. The monoisotopic (exact) mass is 358 g/mol. The summed E-state index contributed by atoms with van der Waals surface area (Å²) in [6, 6.07) is 6.95. The van der Waals surface area contributed by atoms with Crippen LogP contribution in [0.5, 0.6) is 0 Å². The first-order valence-electron chi connectivity index (χ1n) is 6.67. The molecular weight excluding hydrogens is 340 g/mol. The number of nitrogens with one attached hydrogen (secondary N) is 1. The third-order valence-corrected chi connectivity index (χ3v) is 7.81. The van der Waals surface area contributed by atoms with E-state index in [1.165, 1.54) is 33.9 Å². The van der Waals surface area contributed by atoms with Gasteiger partial charge in [0.25, 0.3) is 10.0 Å². The molecule has 0 saturated carbocycles. The number of rotatable bonds is 6. The first-order valence-corrected chi connectivity index (χ1v) is 9.80. The number of nitrogens with zero attached hydrogens (tertiary/aromatic N) is 1. The van der Waals surface area contributed by atoms with Gasteiger partial charge in [0.15, 0.2) is 0 Å². The van der Waals surface area contributed by atoms with Gasteiger partial charge < -0.3 is 5.32 Å². The molecule has 0 aromatic carbocycles. The molecule has 22 heavy (non-hydrogen) atoms. The van der Waals surface area contributed by atoms with E-state index in [1.807, 2.05) is 24.4 Å². The lowest BCUT2D eigenvalue weighted by Gasteiger charge is -2.22. The molecule has 0 spiro atoms. The van der Waals surface area contributed by atoms with Crippen molar-refractivity contribution in [1.29, 1.82) is 0 Å². The van der Waals surface area contributed by atoms with Gasteiger partial charge in [-0.05, 0) is 30.5 Å². The molecule has 2 aromatic heterocycles. The van der Waals surface area contributed by atoms with E-state index in [0.717, 1.165) is 9.75 Å². The van der Waals surface area contributed by atoms with Crippen LogP contribution in [0.15, 0.2) is 33.9 Å². The van der Waals surface area contributed by atoms with Gasteiger partial charge in [-0.1, -0.05) is 6.07 Å². The van der Waals surface area contributed by atoms with Gasteiger partial charge in [-0.15, -0.1) is 22.7 Å². The predicted molar refractivity (Wildman–Crippen MR) is 89.5 cm³/mol. The molecule has 2 rings (SSSR count). The SMILES string of the molecule is CC(=O)NCc1ccc(S(=O)(=O)N(C)C(C)c2cccs2)s1. The summed E-state index contributed by atoms with van der Waals surface area (Å²) in [7, 11) is -1.95. The molecule has 8 heteroatoms. The molecule has 1 atom stereocenters. The van der Waals surface area contributed by atoms with Crippen molar-refractivity contribution in [3.8, 4) is 0 Å². The molecule has 0 aliphatic rings. The fourth-order valence-corrected chi connectivity index (χ4v) is 5.58.